The van der Waals surface area contributed by atoms with Gasteiger partial charge in [0.05, 0.1) is 23.2 Å². The number of carbonyl (C=O) groups is 3. The molecule has 0 radical (unpaired) electrons. The number of rotatable bonds is 6. The molecule has 6 nitrogen and oxygen atoms in total. The highest BCUT2D eigenvalue weighted by Gasteiger charge is 2.35. The fraction of sp³-hybridized carbons (Fsp3) is 0.192. The van der Waals surface area contributed by atoms with Gasteiger partial charge in [-0.15, -0.1) is 0 Å². The summed E-state index contributed by atoms with van der Waals surface area (Å²) >= 11 is 5.93. The van der Waals surface area contributed by atoms with Crippen molar-refractivity contribution in [3.05, 3.63) is 95.0 Å². The number of carbonyl (C=O) groups excluding carboxylic acids is 3. The van der Waals surface area contributed by atoms with Gasteiger partial charge >= 0.3 is 0 Å². The van der Waals surface area contributed by atoms with Crippen LogP contribution in [-0.4, -0.2) is 24.3 Å². The van der Waals surface area contributed by atoms with Gasteiger partial charge in [0.15, 0.2) is 0 Å². The van der Waals surface area contributed by atoms with Crippen LogP contribution in [0.2, 0.25) is 5.02 Å². The zero-order valence-electron chi connectivity index (χ0n) is 18.1. The number of halogens is 1. The monoisotopic (exact) mass is 461 g/mol. The molecule has 3 aromatic carbocycles. The fourth-order valence-corrected chi connectivity index (χ4v) is 4.00. The summed E-state index contributed by atoms with van der Waals surface area (Å²) in [6.07, 6.45) is 0.105. The molecule has 0 saturated carbocycles. The Morgan fingerprint density at radius 3 is 2.36 bits per heavy atom. The molecule has 1 aliphatic heterocycles. The lowest BCUT2D eigenvalue weighted by Gasteiger charge is -2.18. The summed E-state index contributed by atoms with van der Waals surface area (Å²) in [4.78, 5) is 40.0. The second-order valence-electron chi connectivity index (χ2n) is 8.02. The van der Waals surface area contributed by atoms with Crippen LogP contribution >= 0.6 is 11.6 Å². The molecule has 2 N–H and O–H groups in total. The van der Waals surface area contributed by atoms with Gasteiger partial charge in [-0.25, -0.2) is 0 Å². The molecule has 1 heterocycles. The Hall–Kier alpha value is -3.64. The third kappa shape index (κ3) is 5.23. The maximum Gasteiger partial charge on any atom is 0.253 e. The SMILES string of the molecule is CC(NC(=O)c1ccccc1NC(=O)C1CC(=O)N(c2ccc(Cl)cc2)C1)c1ccccc1. The molecule has 3 aromatic rings. The zero-order valence-corrected chi connectivity index (χ0v) is 18.9. The standard InChI is InChI=1S/C26H24ClN3O3/c1-17(18-7-3-2-4-8-18)28-26(33)22-9-5-6-10-23(22)29-25(32)19-15-24(31)30(16-19)21-13-11-20(27)12-14-21/h2-14,17,19H,15-16H2,1H3,(H,28,33)(H,29,32). The van der Waals surface area contributed by atoms with Crippen molar-refractivity contribution >= 4 is 40.7 Å². The average Bonchev–Trinajstić information content (AvgIpc) is 3.22. The van der Waals surface area contributed by atoms with Crippen molar-refractivity contribution in [1.29, 1.82) is 0 Å². The fourth-order valence-electron chi connectivity index (χ4n) is 3.88. The molecular weight excluding hydrogens is 438 g/mol. The van der Waals surface area contributed by atoms with Crippen molar-refractivity contribution in [3.63, 3.8) is 0 Å². The van der Waals surface area contributed by atoms with Crippen LogP contribution in [0.1, 0.15) is 35.3 Å². The van der Waals surface area contributed by atoms with Crippen LogP contribution in [0.5, 0.6) is 0 Å². The van der Waals surface area contributed by atoms with Gasteiger partial charge in [0.1, 0.15) is 0 Å². The van der Waals surface area contributed by atoms with Gasteiger partial charge in [0, 0.05) is 23.7 Å². The lowest BCUT2D eigenvalue weighted by molar-refractivity contribution is -0.122. The van der Waals surface area contributed by atoms with E-state index >= 15 is 0 Å². The first-order chi connectivity index (χ1) is 15.9. The van der Waals surface area contributed by atoms with E-state index in [2.05, 4.69) is 10.6 Å². The Kier molecular flexibility index (Phi) is 6.75. The van der Waals surface area contributed by atoms with Crippen LogP contribution in [0.3, 0.4) is 0 Å². The summed E-state index contributed by atoms with van der Waals surface area (Å²) in [5.74, 6) is -1.23. The Labute approximate surface area is 197 Å². The van der Waals surface area contributed by atoms with E-state index in [1.54, 1.807) is 53.4 Å². The maximum atomic E-state index is 13.0. The Balaban J connectivity index is 1.44. The predicted octanol–water partition coefficient (Wildman–Crippen LogP) is 4.82. The van der Waals surface area contributed by atoms with E-state index in [-0.39, 0.29) is 36.7 Å². The highest BCUT2D eigenvalue weighted by atomic mass is 35.5. The average molecular weight is 462 g/mol. The van der Waals surface area contributed by atoms with Crippen molar-refractivity contribution in [2.24, 2.45) is 5.92 Å². The molecule has 2 unspecified atom stereocenters. The number of para-hydroxylation sites is 1. The van der Waals surface area contributed by atoms with Gasteiger partial charge < -0.3 is 15.5 Å². The van der Waals surface area contributed by atoms with Gasteiger partial charge in [0.2, 0.25) is 11.8 Å². The quantitative estimate of drug-likeness (QED) is 0.552. The lowest BCUT2D eigenvalue weighted by Crippen LogP contribution is -2.30. The van der Waals surface area contributed by atoms with Crippen molar-refractivity contribution in [2.75, 3.05) is 16.8 Å². The van der Waals surface area contributed by atoms with Crippen LogP contribution in [0, 0.1) is 5.92 Å². The minimum absolute atomic E-state index is 0.105. The first-order valence-electron chi connectivity index (χ1n) is 10.7. The van der Waals surface area contributed by atoms with Crippen LogP contribution in [-0.2, 0) is 9.59 Å². The van der Waals surface area contributed by atoms with E-state index in [9.17, 15) is 14.4 Å². The van der Waals surface area contributed by atoms with E-state index in [1.165, 1.54) is 0 Å². The Bertz CT molecular complexity index is 1160. The predicted molar refractivity (Wildman–Crippen MR) is 129 cm³/mol. The van der Waals surface area contributed by atoms with Crippen molar-refractivity contribution in [2.45, 2.75) is 19.4 Å². The van der Waals surface area contributed by atoms with Gasteiger partial charge in [-0.2, -0.15) is 0 Å². The first kappa shape index (κ1) is 22.6. The number of nitrogens with zero attached hydrogens (tertiary/aromatic N) is 1. The molecule has 1 saturated heterocycles. The second-order valence-corrected chi connectivity index (χ2v) is 8.46. The van der Waals surface area contributed by atoms with Crippen molar-refractivity contribution < 1.29 is 14.4 Å². The molecule has 1 fully saturated rings. The van der Waals surface area contributed by atoms with Crippen LogP contribution in [0.4, 0.5) is 11.4 Å². The van der Waals surface area contributed by atoms with Gasteiger partial charge in [-0.3, -0.25) is 14.4 Å². The first-order valence-corrected chi connectivity index (χ1v) is 11.1. The number of anilines is 2. The summed E-state index contributed by atoms with van der Waals surface area (Å²) in [5, 5.41) is 6.40. The molecule has 0 aliphatic carbocycles. The molecule has 1 aliphatic rings. The summed E-state index contributed by atoms with van der Waals surface area (Å²) in [6, 6.07) is 23.3. The molecule has 0 aromatic heterocycles. The third-order valence-corrected chi connectivity index (χ3v) is 5.96. The Morgan fingerprint density at radius 2 is 1.64 bits per heavy atom. The molecular formula is C26H24ClN3O3. The largest absolute Gasteiger partial charge is 0.345 e. The van der Waals surface area contributed by atoms with E-state index in [4.69, 9.17) is 11.6 Å². The molecule has 3 amide bonds. The van der Waals surface area contributed by atoms with Gasteiger partial charge in [-0.05, 0) is 48.9 Å². The normalized spacial score (nSPS) is 16.4. The lowest BCUT2D eigenvalue weighted by atomic mass is 10.1. The summed E-state index contributed by atoms with van der Waals surface area (Å²) in [5.41, 5.74) is 2.47. The van der Waals surface area contributed by atoms with Crippen LogP contribution < -0.4 is 15.5 Å². The minimum Gasteiger partial charge on any atom is -0.345 e. The molecule has 0 spiro atoms. The number of hydrogen-bond donors (Lipinski definition) is 2. The zero-order chi connectivity index (χ0) is 23.4. The smallest absolute Gasteiger partial charge is 0.253 e. The highest BCUT2D eigenvalue weighted by Crippen LogP contribution is 2.28. The summed E-state index contributed by atoms with van der Waals surface area (Å²) < 4.78 is 0. The summed E-state index contributed by atoms with van der Waals surface area (Å²) in [6.45, 7) is 2.18. The topological polar surface area (TPSA) is 78.5 Å². The maximum absolute atomic E-state index is 13.0. The molecule has 168 valence electrons. The number of nitrogens with one attached hydrogen (secondary N) is 2. The highest BCUT2D eigenvalue weighted by molar-refractivity contribution is 6.30. The number of hydrogen-bond acceptors (Lipinski definition) is 3. The number of benzene rings is 3. The second kappa shape index (κ2) is 9.88. The Morgan fingerprint density at radius 1 is 0.970 bits per heavy atom. The molecule has 7 heteroatoms. The van der Waals surface area contributed by atoms with E-state index in [0.717, 1.165) is 5.56 Å². The van der Waals surface area contributed by atoms with Crippen LogP contribution in [0.25, 0.3) is 0 Å². The van der Waals surface area contributed by atoms with Crippen LogP contribution in [0.15, 0.2) is 78.9 Å². The van der Waals surface area contributed by atoms with Gasteiger partial charge in [-0.1, -0.05) is 54.1 Å². The molecule has 0 bridgehead atoms. The summed E-state index contributed by atoms with van der Waals surface area (Å²) in [7, 11) is 0. The van der Waals surface area contributed by atoms with Gasteiger partial charge in [0.25, 0.3) is 5.91 Å². The number of amides is 3. The van der Waals surface area contributed by atoms with E-state index < -0.39 is 5.92 Å². The van der Waals surface area contributed by atoms with E-state index in [0.29, 0.717) is 22.0 Å². The van der Waals surface area contributed by atoms with E-state index in [1.807, 2.05) is 37.3 Å². The molecule has 2 atom stereocenters. The molecule has 4 rings (SSSR count). The third-order valence-electron chi connectivity index (χ3n) is 5.71. The van der Waals surface area contributed by atoms with Crippen molar-refractivity contribution in [1.82, 2.24) is 5.32 Å². The minimum atomic E-state index is -0.521. The molecule has 33 heavy (non-hydrogen) atoms. The van der Waals surface area contributed by atoms with Crippen molar-refractivity contribution in [3.8, 4) is 0 Å².